The van der Waals surface area contributed by atoms with Gasteiger partial charge in [0.15, 0.2) is 0 Å². The van der Waals surface area contributed by atoms with Crippen molar-refractivity contribution >= 4 is 39.1 Å². The van der Waals surface area contributed by atoms with E-state index in [4.69, 9.17) is 16.3 Å². The van der Waals surface area contributed by atoms with Gasteiger partial charge in [-0.25, -0.2) is 8.42 Å². The van der Waals surface area contributed by atoms with E-state index in [1.165, 1.54) is 11.0 Å². The molecule has 3 rings (SSSR count). The minimum absolute atomic E-state index is 0.0869. The van der Waals surface area contributed by atoms with Crippen LogP contribution in [0.2, 0.25) is 5.02 Å². The van der Waals surface area contributed by atoms with Crippen LogP contribution < -0.4 is 14.4 Å². The molecule has 0 bridgehead atoms. The maximum Gasteiger partial charge on any atom is 0.244 e. The first-order valence-electron chi connectivity index (χ1n) is 12.5. The molecule has 2 amide bonds. The molecule has 2 aromatic rings. The van der Waals surface area contributed by atoms with Crippen LogP contribution in [-0.4, -0.2) is 57.1 Å². The molecule has 0 aromatic heterocycles. The molecule has 1 aliphatic rings. The van der Waals surface area contributed by atoms with Crippen molar-refractivity contribution in [2.75, 3.05) is 24.2 Å². The molecular formula is C27H36ClN3O5S. The number of hydrogen-bond acceptors (Lipinski definition) is 5. The van der Waals surface area contributed by atoms with Crippen molar-refractivity contribution in [1.29, 1.82) is 0 Å². The zero-order chi connectivity index (χ0) is 27.2. The Morgan fingerprint density at radius 2 is 1.76 bits per heavy atom. The molecule has 37 heavy (non-hydrogen) atoms. The first-order valence-corrected chi connectivity index (χ1v) is 14.7. The van der Waals surface area contributed by atoms with Crippen LogP contribution in [0, 0.1) is 6.92 Å². The fourth-order valence-electron chi connectivity index (χ4n) is 4.43. The fourth-order valence-corrected chi connectivity index (χ4v) is 5.45. The monoisotopic (exact) mass is 549 g/mol. The Balaban J connectivity index is 1.88. The Bertz CT molecular complexity index is 1200. The van der Waals surface area contributed by atoms with E-state index in [0.29, 0.717) is 10.8 Å². The molecule has 1 unspecified atom stereocenters. The predicted octanol–water partition coefficient (Wildman–Crippen LogP) is 4.29. The van der Waals surface area contributed by atoms with E-state index in [-0.39, 0.29) is 24.2 Å². The van der Waals surface area contributed by atoms with Crippen molar-refractivity contribution in [2.24, 2.45) is 0 Å². The van der Waals surface area contributed by atoms with E-state index < -0.39 is 28.5 Å². The van der Waals surface area contributed by atoms with Crippen LogP contribution in [0.1, 0.15) is 50.2 Å². The summed E-state index contributed by atoms with van der Waals surface area (Å²) in [4.78, 5) is 28.3. The molecule has 202 valence electrons. The Morgan fingerprint density at radius 3 is 2.32 bits per heavy atom. The van der Waals surface area contributed by atoms with Gasteiger partial charge < -0.3 is 15.0 Å². The molecule has 2 aromatic carbocycles. The van der Waals surface area contributed by atoms with E-state index >= 15 is 0 Å². The Kier molecular flexibility index (Phi) is 9.84. The number of halogens is 1. The lowest BCUT2D eigenvalue weighted by Gasteiger charge is -2.33. The first-order chi connectivity index (χ1) is 17.5. The number of benzene rings is 2. The van der Waals surface area contributed by atoms with Crippen LogP contribution >= 0.6 is 11.6 Å². The normalized spacial score (nSPS) is 15.1. The Morgan fingerprint density at radius 1 is 1.11 bits per heavy atom. The topological polar surface area (TPSA) is 96.0 Å². The number of methoxy groups -OCH3 is 1. The molecule has 10 heteroatoms. The number of rotatable bonds is 10. The van der Waals surface area contributed by atoms with Crippen LogP contribution in [0.3, 0.4) is 0 Å². The maximum atomic E-state index is 13.7. The third kappa shape index (κ3) is 7.85. The number of amides is 2. The second-order valence-electron chi connectivity index (χ2n) is 9.59. The second-order valence-corrected chi connectivity index (χ2v) is 11.9. The standard InChI is InChI=1S/C27H36ClN3O5S/c1-19-10-13-23(16-25(19)28)31(37(4,34)35)18-26(32)30(17-21-11-14-24(36-3)15-12-21)20(2)27(33)29-22-8-6-5-7-9-22/h10-16,20,22H,5-9,17-18H2,1-4H3,(H,29,33). The van der Waals surface area contributed by atoms with Gasteiger partial charge in [0.2, 0.25) is 21.8 Å². The number of aryl methyl sites for hydroxylation is 1. The lowest BCUT2D eigenvalue weighted by atomic mass is 9.95. The second kappa shape index (κ2) is 12.6. The van der Waals surface area contributed by atoms with Crippen molar-refractivity contribution in [2.45, 2.75) is 64.6 Å². The molecule has 1 saturated carbocycles. The number of carbonyl (C=O) groups excluding carboxylic acids is 2. The molecule has 1 aliphatic carbocycles. The number of hydrogen-bond donors (Lipinski definition) is 1. The molecule has 0 aliphatic heterocycles. The quantitative estimate of drug-likeness (QED) is 0.477. The minimum Gasteiger partial charge on any atom is -0.497 e. The van der Waals surface area contributed by atoms with Crippen LogP contribution in [0.15, 0.2) is 42.5 Å². The van der Waals surface area contributed by atoms with Crippen molar-refractivity contribution in [1.82, 2.24) is 10.2 Å². The molecule has 0 spiro atoms. The Hall–Kier alpha value is -2.78. The highest BCUT2D eigenvalue weighted by atomic mass is 35.5. The van der Waals surface area contributed by atoms with Gasteiger partial charge in [-0.3, -0.25) is 13.9 Å². The van der Waals surface area contributed by atoms with Crippen LogP contribution in [-0.2, 0) is 26.2 Å². The molecule has 1 atom stereocenters. The van der Waals surface area contributed by atoms with E-state index in [2.05, 4.69) is 5.32 Å². The first kappa shape index (κ1) is 28.8. The van der Waals surface area contributed by atoms with Crippen molar-refractivity contribution in [3.63, 3.8) is 0 Å². The number of nitrogens with one attached hydrogen (secondary N) is 1. The smallest absolute Gasteiger partial charge is 0.244 e. The predicted molar refractivity (Wildman–Crippen MR) is 146 cm³/mol. The summed E-state index contributed by atoms with van der Waals surface area (Å²) in [5.74, 6) is -0.0773. The van der Waals surface area contributed by atoms with Gasteiger partial charge in [0, 0.05) is 17.6 Å². The number of anilines is 1. The highest BCUT2D eigenvalue weighted by molar-refractivity contribution is 7.92. The third-order valence-electron chi connectivity index (χ3n) is 6.75. The summed E-state index contributed by atoms with van der Waals surface area (Å²) in [5, 5.41) is 3.48. The molecular weight excluding hydrogens is 514 g/mol. The van der Waals surface area contributed by atoms with Gasteiger partial charge in [0.25, 0.3) is 0 Å². The molecule has 0 saturated heterocycles. The van der Waals surface area contributed by atoms with E-state index in [0.717, 1.165) is 53.8 Å². The lowest BCUT2D eigenvalue weighted by Crippen LogP contribution is -2.52. The van der Waals surface area contributed by atoms with E-state index in [9.17, 15) is 18.0 Å². The third-order valence-corrected chi connectivity index (χ3v) is 8.30. The molecule has 1 N–H and O–H groups in total. The summed E-state index contributed by atoms with van der Waals surface area (Å²) in [7, 11) is -2.25. The highest BCUT2D eigenvalue weighted by Gasteiger charge is 2.31. The summed E-state index contributed by atoms with van der Waals surface area (Å²) in [5.41, 5.74) is 1.87. The average Bonchev–Trinajstić information content (AvgIpc) is 2.87. The summed E-state index contributed by atoms with van der Waals surface area (Å²) < 4.78 is 31.6. The summed E-state index contributed by atoms with van der Waals surface area (Å²) in [6.07, 6.45) is 6.17. The summed E-state index contributed by atoms with van der Waals surface area (Å²) in [6, 6.07) is 11.3. The zero-order valence-corrected chi connectivity index (χ0v) is 23.4. The lowest BCUT2D eigenvalue weighted by molar-refractivity contribution is -0.139. The number of sulfonamides is 1. The van der Waals surface area contributed by atoms with Crippen LogP contribution in [0.5, 0.6) is 5.75 Å². The van der Waals surface area contributed by atoms with Gasteiger partial charge in [-0.15, -0.1) is 0 Å². The van der Waals surface area contributed by atoms with Crippen molar-refractivity contribution in [3.05, 3.63) is 58.6 Å². The SMILES string of the molecule is COc1ccc(CN(C(=O)CN(c2ccc(C)c(Cl)c2)S(C)(=O)=O)C(C)C(=O)NC2CCCCC2)cc1. The van der Waals surface area contributed by atoms with Gasteiger partial charge in [-0.1, -0.05) is 49.1 Å². The number of ether oxygens (including phenoxy) is 1. The Labute approximate surface area is 225 Å². The minimum atomic E-state index is -3.82. The van der Waals surface area contributed by atoms with Gasteiger partial charge in [-0.05, 0) is 62.1 Å². The largest absolute Gasteiger partial charge is 0.497 e. The number of nitrogens with zero attached hydrogens (tertiary/aromatic N) is 2. The molecule has 8 nitrogen and oxygen atoms in total. The van der Waals surface area contributed by atoms with Gasteiger partial charge in [-0.2, -0.15) is 0 Å². The maximum absolute atomic E-state index is 13.7. The van der Waals surface area contributed by atoms with Gasteiger partial charge >= 0.3 is 0 Å². The van der Waals surface area contributed by atoms with Gasteiger partial charge in [0.05, 0.1) is 19.1 Å². The fraction of sp³-hybridized carbons (Fsp3) is 0.481. The number of carbonyl (C=O) groups is 2. The van der Waals surface area contributed by atoms with Crippen molar-refractivity contribution in [3.8, 4) is 5.75 Å². The zero-order valence-electron chi connectivity index (χ0n) is 21.9. The van der Waals surface area contributed by atoms with Crippen LogP contribution in [0.4, 0.5) is 5.69 Å². The van der Waals surface area contributed by atoms with Crippen molar-refractivity contribution < 1.29 is 22.7 Å². The van der Waals surface area contributed by atoms with Gasteiger partial charge in [0.1, 0.15) is 18.3 Å². The average molecular weight is 550 g/mol. The molecule has 1 fully saturated rings. The molecule has 0 heterocycles. The highest BCUT2D eigenvalue weighted by Crippen LogP contribution is 2.26. The summed E-state index contributed by atoms with van der Waals surface area (Å²) >= 11 is 6.24. The summed E-state index contributed by atoms with van der Waals surface area (Å²) in [6.45, 7) is 3.15. The van der Waals surface area contributed by atoms with E-state index in [1.54, 1.807) is 38.3 Å². The van der Waals surface area contributed by atoms with E-state index in [1.807, 2.05) is 19.1 Å². The molecule has 0 radical (unpaired) electrons. The van der Waals surface area contributed by atoms with Crippen LogP contribution in [0.25, 0.3) is 0 Å².